The van der Waals surface area contributed by atoms with Crippen LogP contribution in [0.25, 0.3) is 38.5 Å². The zero-order valence-corrected chi connectivity index (χ0v) is 24.3. The molecule has 10 nitrogen and oxygen atoms in total. The van der Waals surface area contributed by atoms with Crippen LogP contribution in [0.3, 0.4) is 0 Å². The van der Waals surface area contributed by atoms with E-state index in [2.05, 4.69) is 49.4 Å². The fourth-order valence-corrected chi connectivity index (χ4v) is 6.52. The van der Waals surface area contributed by atoms with Gasteiger partial charge in [-0.15, -0.1) is 11.3 Å². The molecule has 0 spiro atoms. The number of hydrogen-bond acceptors (Lipinski definition) is 9. The minimum Gasteiger partial charge on any atom is -0.383 e. The van der Waals surface area contributed by atoms with Gasteiger partial charge in [0, 0.05) is 49.8 Å². The molecule has 2 aromatic carbocycles. The number of nitrogens with two attached hydrogens (primary N) is 1. The van der Waals surface area contributed by atoms with Gasteiger partial charge in [0.1, 0.15) is 23.2 Å². The second-order valence-electron chi connectivity index (χ2n) is 10.7. The number of halogens is 1. The number of rotatable bonds is 6. The summed E-state index contributed by atoms with van der Waals surface area (Å²) >= 11 is 1.10. The smallest absolute Gasteiger partial charge is 0.253 e. The van der Waals surface area contributed by atoms with E-state index in [1.165, 1.54) is 12.1 Å². The third kappa shape index (κ3) is 5.23. The normalized spacial score (nSPS) is 14.2. The van der Waals surface area contributed by atoms with Crippen LogP contribution in [-0.4, -0.2) is 54.4 Å². The topological polar surface area (TPSA) is 139 Å². The lowest BCUT2D eigenvalue weighted by molar-refractivity contribution is 0.0910. The summed E-state index contributed by atoms with van der Waals surface area (Å²) in [4.78, 5) is 33.2. The van der Waals surface area contributed by atoms with Crippen LogP contribution in [0, 0.1) is 17.1 Å². The Morgan fingerprint density at radius 2 is 1.82 bits per heavy atom. The molecule has 3 N–H and O–H groups in total. The lowest BCUT2D eigenvalue weighted by atomic mass is 10.0. The van der Waals surface area contributed by atoms with Crippen molar-refractivity contribution in [2.45, 2.75) is 25.4 Å². The first-order valence-electron chi connectivity index (χ1n) is 14.1. The fourth-order valence-electron chi connectivity index (χ4n) is 5.67. The van der Waals surface area contributed by atoms with E-state index in [9.17, 15) is 14.4 Å². The second kappa shape index (κ2) is 11.4. The number of likely N-dealkylation sites (tertiary alicyclic amines) is 1. The third-order valence-electron chi connectivity index (χ3n) is 7.81. The molecule has 5 heterocycles. The van der Waals surface area contributed by atoms with E-state index in [4.69, 9.17) is 10.7 Å². The number of aromatic nitrogens is 5. The maximum atomic E-state index is 14.2. The van der Waals surface area contributed by atoms with Crippen LogP contribution in [0.1, 0.15) is 33.8 Å². The second-order valence-corrected chi connectivity index (χ2v) is 11.7. The van der Waals surface area contributed by atoms with Gasteiger partial charge in [0.2, 0.25) is 0 Å². The maximum Gasteiger partial charge on any atom is 0.253 e. The van der Waals surface area contributed by atoms with E-state index in [-0.39, 0.29) is 22.5 Å². The number of nitrogens with one attached hydrogen (secondary N) is 1. The Labute approximate surface area is 255 Å². The average molecular weight is 604 g/mol. The van der Waals surface area contributed by atoms with Crippen molar-refractivity contribution < 1.29 is 9.18 Å². The molecule has 44 heavy (non-hydrogen) atoms. The molecule has 0 radical (unpaired) electrons. The number of nitrogens with zero attached hydrogens (tertiary/aromatic N) is 7. The zero-order valence-electron chi connectivity index (χ0n) is 23.4. The largest absolute Gasteiger partial charge is 0.383 e. The summed E-state index contributed by atoms with van der Waals surface area (Å²) in [6.45, 7) is 2.39. The number of amides is 1. The van der Waals surface area contributed by atoms with Crippen LogP contribution >= 0.6 is 11.3 Å². The first-order valence-corrected chi connectivity index (χ1v) is 15.0. The molecule has 1 amide bonds. The van der Waals surface area contributed by atoms with Gasteiger partial charge >= 0.3 is 0 Å². The molecule has 1 saturated heterocycles. The summed E-state index contributed by atoms with van der Waals surface area (Å²) in [5.74, 6) is 0.195. The number of benzene rings is 2. The molecule has 6 aromatic rings. The first kappa shape index (κ1) is 27.6. The number of fused-ring (bicyclic) bond motifs is 2. The Morgan fingerprint density at radius 3 is 2.59 bits per heavy atom. The number of carbonyl (C=O) groups is 1. The van der Waals surface area contributed by atoms with Crippen LogP contribution in [0.15, 0.2) is 73.1 Å². The molecule has 12 heteroatoms. The summed E-state index contributed by atoms with van der Waals surface area (Å²) in [6.07, 6.45) is 4.96. The number of nitriles is 1. The standard InChI is InChI=1S/C32H26FN9OS/c33-20-15-24(28-26(16-20)39-27(17-34)44-28)32(43)38-21-9-13-41(14-10-21)18-19-5-7-22(8-6-19)42-30(23-3-1-11-36-29(23)35)40-25-4-2-12-37-31(25)42/h1-8,11-12,15-16,21H,9-10,13-14,18H2,(H2,35,36)(H,38,43). The summed E-state index contributed by atoms with van der Waals surface area (Å²) in [7, 11) is 0. The highest BCUT2D eigenvalue weighted by Gasteiger charge is 2.24. The van der Waals surface area contributed by atoms with Crippen LogP contribution < -0.4 is 11.1 Å². The number of piperidine rings is 1. The Bertz CT molecular complexity index is 2060. The Morgan fingerprint density at radius 1 is 1.05 bits per heavy atom. The molecule has 4 aromatic heterocycles. The number of imidazole rings is 1. The van der Waals surface area contributed by atoms with Gasteiger partial charge in [-0.2, -0.15) is 5.26 Å². The first-order chi connectivity index (χ1) is 21.5. The van der Waals surface area contributed by atoms with Crippen molar-refractivity contribution in [3.63, 3.8) is 0 Å². The molecule has 218 valence electrons. The Balaban J connectivity index is 1.03. The molecule has 0 saturated carbocycles. The van der Waals surface area contributed by atoms with Gasteiger partial charge in [-0.3, -0.25) is 14.3 Å². The zero-order chi connectivity index (χ0) is 30.2. The highest BCUT2D eigenvalue weighted by molar-refractivity contribution is 7.19. The molecule has 0 aliphatic carbocycles. The van der Waals surface area contributed by atoms with Crippen LogP contribution in [0.5, 0.6) is 0 Å². The van der Waals surface area contributed by atoms with E-state index in [1.807, 2.05) is 34.9 Å². The van der Waals surface area contributed by atoms with E-state index < -0.39 is 5.82 Å². The van der Waals surface area contributed by atoms with Crippen LogP contribution in [0.4, 0.5) is 10.2 Å². The predicted molar refractivity (Wildman–Crippen MR) is 167 cm³/mol. The van der Waals surface area contributed by atoms with Crippen molar-refractivity contribution in [3.05, 3.63) is 95.0 Å². The minimum atomic E-state index is -0.548. The maximum absolute atomic E-state index is 14.2. The SMILES string of the molecule is N#Cc1nc2cc(F)cc(C(=O)NC3CCN(Cc4ccc(-n5c(-c6cccnc6N)nc6cccnc65)cc4)CC3)c2s1. The van der Waals surface area contributed by atoms with E-state index in [0.717, 1.165) is 71.8 Å². The Kier molecular flexibility index (Phi) is 7.17. The molecule has 0 unspecified atom stereocenters. The minimum absolute atomic E-state index is 0.0249. The van der Waals surface area contributed by atoms with Gasteiger partial charge in [0.05, 0.1) is 21.3 Å². The molecule has 7 rings (SSSR count). The summed E-state index contributed by atoms with van der Waals surface area (Å²) in [5.41, 5.74) is 11.1. The molecular weight excluding hydrogens is 577 g/mol. The lowest BCUT2D eigenvalue weighted by Crippen LogP contribution is -2.44. The van der Waals surface area contributed by atoms with Crippen molar-refractivity contribution in [1.29, 1.82) is 5.26 Å². The molecule has 1 fully saturated rings. The van der Waals surface area contributed by atoms with Gasteiger partial charge in [0.25, 0.3) is 5.91 Å². The van der Waals surface area contributed by atoms with Crippen molar-refractivity contribution in [1.82, 2.24) is 34.7 Å². The molecule has 1 aliphatic rings. The summed E-state index contributed by atoms with van der Waals surface area (Å²) in [5, 5.41) is 12.4. The highest BCUT2D eigenvalue weighted by Crippen LogP contribution is 2.31. The van der Waals surface area contributed by atoms with E-state index in [0.29, 0.717) is 21.9 Å². The average Bonchev–Trinajstić information content (AvgIpc) is 3.64. The lowest BCUT2D eigenvalue weighted by Gasteiger charge is -2.32. The van der Waals surface area contributed by atoms with Crippen LogP contribution in [-0.2, 0) is 6.54 Å². The number of nitrogen functional groups attached to an aromatic ring is 1. The van der Waals surface area contributed by atoms with Gasteiger partial charge < -0.3 is 11.1 Å². The molecule has 1 aliphatic heterocycles. The van der Waals surface area contributed by atoms with Crippen molar-refractivity contribution >= 4 is 44.4 Å². The predicted octanol–water partition coefficient (Wildman–Crippen LogP) is 5.08. The molecule has 0 bridgehead atoms. The van der Waals surface area contributed by atoms with Gasteiger partial charge in [-0.1, -0.05) is 12.1 Å². The number of pyridine rings is 2. The highest BCUT2D eigenvalue weighted by atomic mass is 32.1. The van der Waals surface area contributed by atoms with Gasteiger partial charge in [-0.05, 0) is 60.9 Å². The van der Waals surface area contributed by atoms with Crippen molar-refractivity contribution in [3.8, 4) is 23.1 Å². The van der Waals surface area contributed by atoms with E-state index in [1.54, 1.807) is 12.4 Å². The number of anilines is 1. The molecule has 0 atom stereocenters. The number of thiazole rings is 1. The van der Waals surface area contributed by atoms with Crippen LogP contribution in [0.2, 0.25) is 0 Å². The fraction of sp³-hybridized carbons (Fsp3) is 0.188. The summed E-state index contributed by atoms with van der Waals surface area (Å²) in [6, 6.07) is 20.3. The van der Waals surface area contributed by atoms with Gasteiger partial charge in [0.15, 0.2) is 16.5 Å². The van der Waals surface area contributed by atoms with E-state index >= 15 is 0 Å². The number of hydrogen-bond donors (Lipinski definition) is 2. The quantitative estimate of drug-likeness (QED) is 0.269. The number of carbonyl (C=O) groups excluding carboxylic acids is 1. The third-order valence-corrected chi connectivity index (χ3v) is 8.82. The summed E-state index contributed by atoms with van der Waals surface area (Å²) < 4.78 is 16.7. The van der Waals surface area contributed by atoms with Crippen molar-refractivity contribution in [2.24, 2.45) is 0 Å². The monoisotopic (exact) mass is 603 g/mol. The van der Waals surface area contributed by atoms with Crippen molar-refractivity contribution in [2.75, 3.05) is 18.8 Å². The Hall–Kier alpha value is -5.25. The van der Waals surface area contributed by atoms with Gasteiger partial charge in [-0.25, -0.2) is 24.3 Å². The molecular formula is C32H26FN9OS.